The molecule has 0 aliphatic carbocycles. The predicted molar refractivity (Wildman–Crippen MR) is 80.2 cm³/mol. The highest BCUT2D eigenvalue weighted by atomic mass is 19.1. The van der Waals surface area contributed by atoms with Crippen molar-refractivity contribution in [3.8, 4) is 0 Å². The van der Waals surface area contributed by atoms with Gasteiger partial charge in [0.05, 0.1) is 6.04 Å². The minimum atomic E-state index is -0.192. The maximum atomic E-state index is 13.3. The van der Waals surface area contributed by atoms with E-state index in [1.807, 2.05) is 32.2 Å². The Labute approximate surface area is 120 Å². The molecule has 106 valence electrons. The van der Waals surface area contributed by atoms with Crippen molar-refractivity contribution >= 4 is 0 Å². The first-order valence-electron chi connectivity index (χ1n) is 7.03. The predicted octanol–water partition coefficient (Wildman–Crippen LogP) is 3.93. The third kappa shape index (κ3) is 3.42. The molecule has 2 aromatic rings. The number of hydrogen-bond donors (Lipinski definition) is 1. The zero-order chi connectivity index (χ0) is 14.5. The quantitative estimate of drug-likeness (QED) is 0.892. The Hall–Kier alpha value is -1.74. The van der Waals surface area contributed by atoms with E-state index in [0.717, 1.165) is 35.3 Å². The minimum absolute atomic E-state index is 0.0589. The van der Waals surface area contributed by atoms with Crippen LogP contribution in [0, 0.1) is 19.7 Å². The van der Waals surface area contributed by atoms with Gasteiger partial charge in [-0.05, 0) is 61.7 Å². The van der Waals surface area contributed by atoms with Crippen LogP contribution in [0.1, 0.15) is 41.8 Å². The molecule has 0 bridgehead atoms. The zero-order valence-corrected chi connectivity index (χ0v) is 12.3. The van der Waals surface area contributed by atoms with E-state index in [4.69, 9.17) is 0 Å². The Morgan fingerprint density at radius 1 is 1.20 bits per heavy atom. The van der Waals surface area contributed by atoms with Gasteiger partial charge in [0.25, 0.3) is 0 Å². The fourth-order valence-corrected chi connectivity index (χ4v) is 2.31. The van der Waals surface area contributed by atoms with E-state index in [9.17, 15) is 4.39 Å². The summed E-state index contributed by atoms with van der Waals surface area (Å²) in [4.78, 5) is 4.37. The van der Waals surface area contributed by atoms with Crippen molar-refractivity contribution in [1.82, 2.24) is 10.3 Å². The molecule has 0 aliphatic heterocycles. The largest absolute Gasteiger partial charge is 0.306 e. The minimum Gasteiger partial charge on any atom is -0.306 e. The Balaban J connectivity index is 2.38. The summed E-state index contributed by atoms with van der Waals surface area (Å²) >= 11 is 0. The highest BCUT2D eigenvalue weighted by Gasteiger charge is 2.16. The van der Waals surface area contributed by atoms with Crippen LogP contribution in [-0.2, 0) is 0 Å². The summed E-state index contributed by atoms with van der Waals surface area (Å²) in [5.41, 5.74) is 4.17. The summed E-state index contributed by atoms with van der Waals surface area (Å²) in [7, 11) is 0. The van der Waals surface area contributed by atoms with Crippen LogP contribution in [0.4, 0.5) is 4.39 Å². The molecule has 0 aliphatic rings. The summed E-state index contributed by atoms with van der Waals surface area (Å²) in [6.45, 7) is 6.96. The molecule has 2 rings (SSSR count). The topological polar surface area (TPSA) is 24.9 Å². The molecule has 1 heterocycles. The van der Waals surface area contributed by atoms with Crippen LogP contribution in [0.15, 0.2) is 36.5 Å². The SMILES string of the molecule is CCCNC(c1ccc(C)nc1)c1ccc(F)cc1C. The standard InChI is InChI=1S/C17H21FN2/c1-4-9-19-17(14-6-5-13(3)20-11-14)16-8-7-15(18)10-12(16)2/h5-8,10-11,17,19H,4,9H2,1-3H3. The van der Waals surface area contributed by atoms with E-state index in [-0.39, 0.29) is 11.9 Å². The highest BCUT2D eigenvalue weighted by Crippen LogP contribution is 2.25. The Bertz CT molecular complexity index is 564. The van der Waals surface area contributed by atoms with Crippen molar-refractivity contribution in [1.29, 1.82) is 0 Å². The van der Waals surface area contributed by atoms with Gasteiger partial charge in [-0.3, -0.25) is 4.98 Å². The average Bonchev–Trinajstić information content (AvgIpc) is 2.42. The number of aryl methyl sites for hydroxylation is 2. The summed E-state index contributed by atoms with van der Waals surface area (Å²) < 4.78 is 13.3. The molecule has 0 amide bonds. The third-order valence-corrected chi connectivity index (χ3v) is 3.41. The lowest BCUT2D eigenvalue weighted by molar-refractivity contribution is 0.588. The molecule has 20 heavy (non-hydrogen) atoms. The Morgan fingerprint density at radius 3 is 2.60 bits per heavy atom. The number of benzene rings is 1. The van der Waals surface area contributed by atoms with E-state index >= 15 is 0 Å². The van der Waals surface area contributed by atoms with Crippen LogP contribution in [0.25, 0.3) is 0 Å². The Morgan fingerprint density at radius 2 is 2.00 bits per heavy atom. The second-order valence-electron chi connectivity index (χ2n) is 5.12. The van der Waals surface area contributed by atoms with Gasteiger partial charge in [0.2, 0.25) is 0 Å². The lowest BCUT2D eigenvalue weighted by Gasteiger charge is -2.21. The maximum Gasteiger partial charge on any atom is 0.123 e. The first kappa shape index (κ1) is 14.7. The second kappa shape index (κ2) is 6.62. The van der Waals surface area contributed by atoms with Crippen LogP contribution < -0.4 is 5.32 Å². The van der Waals surface area contributed by atoms with Gasteiger partial charge in [-0.2, -0.15) is 0 Å². The van der Waals surface area contributed by atoms with Gasteiger partial charge in [-0.25, -0.2) is 4.39 Å². The monoisotopic (exact) mass is 272 g/mol. The maximum absolute atomic E-state index is 13.3. The fraction of sp³-hybridized carbons (Fsp3) is 0.353. The number of hydrogen-bond acceptors (Lipinski definition) is 2. The number of halogens is 1. The van der Waals surface area contributed by atoms with E-state index < -0.39 is 0 Å². The van der Waals surface area contributed by atoms with Gasteiger partial charge < -0.3 is 5.32 Å². The Kier molecular flexibility index (Phi) is 4.85. The summed E-state index contributed by atoms with van der Waals surface area (Å²) in [6.07, 6.45) is 2.95. The van der Waals surface area contributed by atoms with E-state index in [0.29, 0.717) is 0 Å². The van der Waals surface area contributed by atoms with Gasteiger partial charge in [-0.1, -0.05) is 19.1 Å². The molecule has 1 aromatic heterocycles. The van der Waals surface area contributed by atoms with Gasteiger partial charge >= 0.3 is 0 Å². The van der Waals surface area contributed by atoms with Crippen molar-refractivity contribution in [3.63, 3.8) is 0 Å². The molecular weight excluding hydrogens is 251 g/mol. The zero-order valence-electron chi connectivity index (χ0n) is 12.3. The van der Waals surface area contributed by atoms with E-state index in [1.165, 1.54) is 6.07 Å². The van der Waals surface area contributed by atoms with Crippen molar-refractivity contribution < 1.29 is 4.39 Å². The molecule has 0 saturated heterocycles. The van der Waals surface area contributed by atoms with Crippen LogP contribution in [0.3, 0.4) is 0 Å². The van der Waals surface area contributed by atoms with Gasteiger partial charge in [0.1, 0.15) is 5.82 Å². The third-order valence-electron chi connectivity index (χ3n) is 3.41. The molecule has 3 heteroatoms. The summed E-state index contributed by atoms with van der Waals surface area (Å²) in [5, 5.41) is 3.52. The summed E-state index contributed by atoms with van der Waals surface area (Å²) in [5.74, 6) is -0.192. The molecule has 2 nitrogen and oxygen atoms in total. The molecule has 0 spiro atoms. The van der Waals surface area contributed by atoms with Crippen LogP contribution in [0.2, 0.25) is 0 Å². The van der Waals surface area contributed by atoms with Crippen LogP contribution in [-0.4, -0.2) is 11.5 Å². The normalized spacial score (nSPS) is 12.4. The number of pyridine rings is 1. The highest BCUT2D eigenvalue weighted by molar-refractivity contribution is 5.36. The van der Waals surface area contributed by atoms with Crippen molar-refractivity contribution in [2.45, 2.75) is 33.2 Å². The average molecular weight is 272 g/mol. The van der Waals surface area contributed by atoms with Crippen LogP contribution in [0.5, 0.6) is 0 Å². The van der Waals surface area contributed by atoms with Crippen molar-refractivity contribution in [2.75, 3.05) is 6.54 Å². The molecule has 1 aromatic carbocycles. The van der Waals surface area contributed by atoms with Gasteiger partial charge in [0, 0.05) is 11.9 Å². The lowest BCUT2D eigenvalue weighted by atomic mass is 9.95. The number of nitrogens with one attached hydrogen (secondary N) is 1. The van der Waals surface area contributed by atoms with Crippen molar-refractivity contribution in [2.24, 2.45) is 0 Å². The second-order valence-corrected chi connectivity index (χ2v) is 5.12. The smallest absolute Gasteiger partial charge is 0.123 e. The van der Waals surface area contributed by atoms with Gasteiger partial charge in [-0.15, -0.1) is 0 Å². The van der Waals surface area contributed by atoms with Crippen LogP contribution >= 0.6 is 0 Å². The summed E-state index contributed by atoms with van der Waals surface area (Å²) in [6, 6.07) is 9.11. The first-order chi connectivity index (χ1) is 9.61. The number of aromatic nitrogens is 1. The molecule has 0 saturated carbocycles. The van der Waals surface area contributed by atoms with Crippen molar-refractivity contribution in [3.05, 3.63) is 64.7 Å². The fourth-order valence-electron chi connectivity index (χ4n) is 2.31. The molecule has 0 radical (unpaired) electrons. The molecule has 0 fully saturated rings. The molecular formula is C17H21FN2. The molecule has 1 unspecified atom stereocenters. The molecule has 1 atom stereocenters. The number of nitrogens with zero attached hydrogens (tertiary/aromatic N) is 1. The first-order valence-corrected chi connectivity index (χ1v) is 7.03. The van der Waals surface area contributed by atoms with Gasteiger partial charge in [0.15, 0.2) is 0 Å². The van der Waals surface area contributed by atoms with E-state index in [2.05, 4.69) is 23.3 Å². The molecule has 1 N–H and O–H groups in total. The lowest BCUT2D eigenvalue weighted by Crippen LogP contribution is -2.24. The number of rotatable bonds is 5. The van der Waals surface area contributed by atoms with E-state index in [1.54, 1.807) is 6.07 Å².